The Morgan fingerprint density at radius 2 is 2.29 bits per heavy atom. The smallest absolute Gasteiger partial charge is 0.143 e. The van der Waals surface area contributed by atoms with E-state index in [-0.39, 0.29) is 6.10 Å². The zero-order valence-electron chi connectivity index (χ0n) is 9.94. The van der Waals surface area contributed by atoms with Crippen molar-refractivity contribution in [3.8, 4) is 5.75 Å². The minimum absolute atomic E-state index is 0.249. The maximum Gasteiger partial charge on any atom is 0.143 e. The third-order valence-corrected chi connectivity index (χ3v) is 3.18. The van der Waals surface area contributed by atoms with Crippen LogP contribution in [0.1, 0.15) is 19.0 Å². The van der Waals surface area contributed by atoms with E-state index in [0.717, 1.165) is 41.9 Å². The van der Waals surface area contributed by atoms with Gasteiger partial charge in [-0.25, -0.2) is 4.98 Å². The SMILES string of the molecule is CC[C@@H]1CNCc2nc3ccccc3cc2O1. The van der Waals surface area contributed by atoms with E-state index in [4.69, 9.17) is 4.74 Å². The lowest BCUT2D eigenvalue weighted by molar-refractivity contribution is 0.202. The summed E-state index contributed by atoms with van der Waals surface area (Å²) < 4.78 is 5.99. The molecule has 1 aromatic carbocycles. The van der Waals surface area contributed by atoms with Gasteiger partial charge in [0, 0.05) is 18.5 Å². The molecule has 88 valence electrons. The molecule has 3 heteroatoms. The average Bonchev–Trinajstić information content (AvgIpc) is 2.57. The molecule has 2 heterocycles. The van der Waals surface area contributed by atoms with Crippen LogP contribution in [0.3, 0.4) is 0 Å². The van der Waals surface area contributed by atoms with E-state index in [2.05, 4.69) is 29.4 Å². The van der Waals surface area contributed by atoms with Gasteiger partial charge in [0.25, 0.3) is 0 Å². The molecule has 0 spiro atoms. The molecular formula is C14H16N2O. The molecule has 0 radical (unpaired) electrons. The lowest BCUT2D eigenvalue weighted by Crippen LogP contribution is -2.27. The van der Waals surface area contributed by atoms with E-state index in [9.17, 15) is 0 Å². The van der Waals surface area contributed by atoms with Crippen LogP contribution in [0.15, 0.2) is 30.3 Å². The highest BCUT2D eigenvalue weighted by Crippen LogP contribution is 2.25. The molecule has 0 saturated heterocycles. The number of pyridine rings is 1. The fourth-order valence-corrected chi connectivity index (χ4v) is 2.17. The van der Waals surface area contributed by atoms with Crippen molar-refractivity contribution in [1.29, 1.82) is 0 Å². The molecule has 0 unspecified atom stereocenters. The third-order valence-electron chi connectivity index (χ3n) is 3.18. The zero-order valence-corrected chi connectivity index (χ0v) is 9.94. The second-order valence-corrected chi connectivity index (χ2v) is 4.40. The number of benzene rings is 1. The predicted octanol–water partition coefficient (Wildman–Crippen LogP) is 2.50. The van der Waals surface area contributed by atoms with Gasteiger partial charge < -0.3 is 10.1 Å². The minimum Gasteiger partial charge on any atom is -0.487 e. The number of hydrogen-bond donors (Lipinski definition) is 1. The van der Waals surface area contributed by atoms with Crippen LogP contribution in [0.25, 0.3) is 10.9 Å². The fraction of sp³-hybridized carbons (Fsp3) is 0.357. The number of para-hydroxylation sites is 1. The van der Waals surface area contributed by atoms with Gasteiger partial charge in [-0.1, -0.05) is 25.1 Å². The molecule has 1 aliphatic rings. The van der Waals surface area contributed by atoms with E-state index in [1.54, 1.807) is 0 Å². The molecule has 2 aromatic rings. The number of nitrogens with one attached hydrogen (secondary N) is 1. The third kappa shape index (κ3) is 1.98. The Morgan fingerprint density at radius 3 is 3.18 bits per heavy atom. The number of nitrogens with zero attached hydrogens (tertiary/aromatic N) is 1. The molecule has 0 amide bonds. The molecule has 0 aliphatic carbocycles. The Bertz CT molecular complexity index is 539. The number of rotatable bonds is 1. The Kier molecular flexibility index (Phi) is 2.69. The monoisotopic (exact) mass is 228 g/mol. The Morgan fingerprint density at radius 1 is 1.41 bits per heavy atom. The van der Waals surface area contributed by atoms with E-state index >= 15 is 0 Å². The first kappa shape index (κ1) is 10.5. The summed E-state index contributed by atoms with van der Waals surface area (Å²) in [7, 11) is 0. The lowest BCUT2D eigenvalue weighted by atomic mass is 10.2. The molecule has 0 fully saturated rings. The van der Waals surface area contributed by atoms with E-state index in [1.807, 2.05) is 18.2 Å². The summed E-state index contributed by atoms with van der Waals surface area (Å²) in [5.74, 6) is 0.931. The summed E-state index contributed by atoms with van der Waals surface area (Å²) in [4.78, 5) is 4.66. The maximum atomic E-state index is 5.99. The normalized spacial score (nSPS) is 19.5. The van der Waals surface area contributed by atoms with Crippen LogP contribution in [0, 0.1) is 0 Å². The zero-order chi connectivity index (χ0) is 11.7. The quantitative estimate of drug-likeness (QED) is 0.814. The number of aromatic nitrogens is 1. The van der Waals surface area contributed by atoms with E-state index < -0.39 is 0 Å². The summed E-state index contributed by atoms with van der Waals surface area (Å²) in [5.41, 5.74) is 2.05. The number of hydrogen-bond acceptors (Lipinski definition) is 3. The standard InChI is InChI=1S/C14H16N2O/c1-2-11-8-15-9-13-14(17-11)7-10-5-3-4-6-12(10)16-13/h3-7,11,15H,2,8-9H2,1H3/t11-/m1/s1. The summed E-state index contributed by atoms with van der Waals surface area (Å²) in [5, 5.41) is 4.52. The van der Waals surface area contributed by atoms with Gasteiger partial charge in [-0.3, -0.25) is 0 Å². The summed E-state index contributed by atoms with van der Waals surface area (Å²) in [6, 6.07) is 10.3. The van der Waals surface area contributed by atoms with Crippen LogP contribution in [0.4, 0.5) is 0 Å². The predicted molar refractivity (Wildman–Crippen MR) is 68.2 cm³/mol. The molecule has 0 bridgehead atoms. The second kappa shape index (κ2) is 4.34. The molecule has 1 aromatic heterocycles. The van der Waals surface area contributed by atoms with Crippen LogP contribution >= 0.6 is 0 Å². The summed E-state index contributed by atoms with van der Waals surface area (Å²) in [6.07, 6.45) is 1.26. The van der Waals surface area contributed by atoms with Gasteiger partial charge in [0.1, 0.15) is 11.9 Å². The number of fused-ring (bicyclic) bond motifs is 2. The molecule has 1 aliphatic heterocycles. The van der Waals surface area contributed by atoms with Crippen LogP contribution < -0.4 is 10.1 Å². The van der Waals surface area contributed by atoms with Gasteiger partial charge in [-0.15, -0.1) is 0 Å². The van der Waals surface area contributed by atoms with Crippen molar-refractivity contribution in [2.75, 3.05) is 6.54 Å². The summed E-state index contributed by atoms with van der Waals surface area (Å²) >= 11 is 0. The van der Waals surface area contributed by atoms with Crippen molar-refractivity contribution >= 4 is 10.9 Å². The van der Waals surface area contributed by atoms with Gasteiger partial charge in [0.05, 0.1) is 11.2 Å². The van der Waals surface area contributed by atoms with Crippen molar-refractivity contribution in [3.05, 3.63) is 36.0 Å². The first-order chi connectivity index (χ1) is 8.36. The van der Waals surface area contributed by atoms with Crippen LogP contribution in [-0.4, -0.2) is 17.6 Å². The van der Waals surface area contributed by atoms with Crippen molar-refractivity contribution < 1.29 is 4.74 Å². The molecule has 0 saturated carbocycles. The molecule has 17 heavy (non-hydrogen) atoms. The van der Waals surface area contributed by atoms with Crippen molar-refractivity contribution in [2.24, 2.45) is 0 Å². The molecular weight excluding hydrogens is 212 g/mol. The topological polar surface area (TPSA) is 34.2 Å². The van der Waals surface area contributed by atoms with Crippen LogP contribution in [0.5, 0.6) is 5.75 Å². The van der Waals surface area contributed by atoms with Crippen molar-refractivity contribution in [1.82, 2.24) is 10.3 Å². The average molecular weight is 228 g/mol. The van der Waals surface area contributed by atoms with Crippen LogP contribution in [0.2, 0.25) is 0 Å². The highest BCUT2D eigenvalue weighted by molar-refractivity contribution is 5.80. The first-order valence-electron chi connectivity index (χ1n) is 6.13. The fourth-order valence-electron chi connectivity index (χ4n) is 2.17. The molecule has 3 nitrogen and oxygen atoms in total. The maximum absolute atomic E-state index is 5.99. The Balaban J connectivity index is 2.09. The molecule has 1 atom stereocenters. The largest absolute Gasteiger partial charge is 0.487 e. The van der Waals surface area contributed by atoms with E-state index in [1.165, 1.54) is 0 Å². The van der Waals surface area contributed by atoms with Gasteiger partial charge in [0.15, 0.2) is 0 Å². The van der Waals surface area contributed by atoms with Gasteiger partial charge in [-0.05, 0) is 18.6 Å². The Hall–Kier alpha value is -1.61. The van der Waals surface area contributed by atoms with Gasteiger partial charge in [0.2, 0.25) is 0 Å². The molecule has 3 rings (SSSR count). The lowest BCUT2D eigenvalue weighted by Gasteiger charge is -2.15. The van der Waals surface area contributed by atoms with Gasteiger partial charge in [-0.2, -0.15) is 0 Å². The van der Waals surface area contributed by atoms with Gasteiger partial charge >= 0.3 is 0 Å². The summed E-state index contributed by atoms with van der Waals surface area (Å²) in [6.45, 7) is 3.83. The van der Waals surface area contributed by atoms with Crippen LogP contribution in [-0.2, 0) is 6.54 Å². The highest BCUT2D eigenvalue weighted by Gasteiger charge is 2.17. The number of ether oxygens (including phenoxy) is 1. The first-order valence-corrected chi connectivity index (χ1v) is 6.13. The molecule has 1 N–H and O–H groups in total. The minimum atomic E-state index is 0.249. The van der Waals surface area contributed by atoms with Crippen molar-refractivity contribution in [2.45, 2.75) is 26.0 Å². The van der Waals surface area contributed by atoms with E-state index in [0.29, 0.717) is 0 Å². The second-order valence-electron chi connectivity index (χ2n) is 4.40. The van der Waals surface area contributed by atoms with Crippen molar-refractivity contribution in [3.63, 3.8) is 0 Å². The Labute approximate surface area is 101 Å². The highest BCUT2D eigenvalue weighted by atomic mass is 16.5.